The molecule has 1 aliphatic heterocycles. The molecule has 0 bridgehead atoms. The number of aromatic hydroxyl groups is 1. The number of nitrogens with zero attached hydrogens (tertiary/aromatic N) is 1. The largest absolute Gasteiger partial charge is 0.494 e. The standard InChI is InChI=1S/C18H11ClN2O5/c19-11-7-3-4-8-12(11)21-16(23)13(15(22)20-18(21)25)14-9-5-1-2-6-10(9)17(24)26-14/h1-8,14,23H,(H,20,22,25)/t14-/m0/s1. The second kappa shape index (κ2) is 5.89. The molecule has 2 heterocycles. The van der Waals surface area contributed by atoms with E-state index in [2.05, 4.69) is 4.98 Å². The fourth-order valence-corrected chi connectivity index (χ4v) is 3.21. The molecule has 2 N–H and O–H groups in total. The predicted octanol–water partition coefficient (Wildman–Crippen LogP) is 2.14. The zero-order valence-corrected chi connectivity index (χ0v) is 13.9. The normalized spacial score (nSPS) is 15.6. The van der Waals surface area contributed by atoms with Crippen molar-refractivity contribution in [1.29, 1.82) is 0 Å². The minimum atomic E-state index is -1.13. The molecule has 0 spiro atoms. The number of cyclic esters (lactones) is 1. The molecule has 8 heteroatoms. The van der Waals surface area contributed by atoms with Crippen molar-refractivity contribution in [2.45, 2.75) is 6.10 Å². The summed E-state index contributed by atoms with van der Waals surface area (Å²) < 4.78 is 6.14. The van der Waals surface area contributed by atoms with E-state index in [1.165, 1.54) is 6.07 Å². The van der Waals surface area contributed by atoms with Crippen molar-refractivity contribution in [1.82, 2.24) is 9.55 Å². The molecule has 0 saturated heterocycles. The Morgan fingerprint density at radius 3 is 2.50 bits per heavy atom. The van der Waals surface area contributed by atoms with Crippen molar-refractivity contribution in [3.8, 4) is 11.6 Å². The summed E-state index contributed by atoms with van der Waals surface area (Å²) in [6.45, 7) is 0. The van der Waals surface area contributed by atoms with Gasteiger partial charge in [-0.2, -0.15) is 0 Å². The Morgan fingerprint density at radius 1 is 1.04 bits per heavy atom. The molecular weight excluding hydrogens is 360 g/mol. The Kier molecular flexibility index (Phi) is 3.66. The van der Waals surface area contributed by atoms with Crippen LogP contribution in [0.4, 0.5) is 0 Å². The summed E-state index contributed by atoms with van der Waals surface area (Å²) >= 11 is 6.11. The highest BCUT2D eigenvalue weighted by Crippen LogP contribution is 2.37. The van der Waals surface area contributed by atoms with Crippen molar-refractivity contribution >= 4 is 17.6 Å². The number of halogens is 1. The van der Waals surface area contributed by atoms with Gasteiger partial charge in [-0.15, -0.1) is 0 Å². The highest BCUT2D eigenvalue weighted by molar-refractivity contribution is 6.32. The second-order valence-electron chi connectivity index (χ2n) is 5.66. The number of aromatic nitrogens is 2. The quantitative estimate of drug-likeness (QED) is 0.673. The molecule has 1 aromatic heterocycles. The molecule has 0 fully saturated rings. The Labute approximate surface area is 151 Å². The highest BCUT2D eigenvalue weighted by atomic mass is 35.5. The van der Waals surface area contributed by atoms with Crippen LogP contribution in [-0.2, 0) is 4.74 Å². The number of carbonyl (C=O) groups excluding carboxylic acids is 1. The Hall–Kier alpha value is -3.32. The van der Waals surface area contributed by atoms with E-state index in [4.69, 9.17) is 16.3 Å². The van der Waals surface area contributed by atoms with Gasteiger partial charge in [0.1, 0.15) is 5.56 Å². The number of hydrogen-bond acceptors (Lipinski definition) is 5. The van der Waals surface area contributed by atoms with E-state index in [9.17, 15) is 19.5 Å². The van der Waals surface area contributed by atoms with E-state index >= 15 is 0 Å². The molecule has 0 unspecified atom stereocenters. The van der Waals surface area contributed by atoms with E-state index in [0.717, 1.165) is 4.57 Å². The Bertz CT molecular complexity index is 1160. The number of esters is 1. The summed E-state index contributed by atoms with van der Waals surface area (Å²) in [6, 6.07) is 12.9. The van der Waals surface area contributed by atoms with Crippen LogP contribution >= 0.6 is 11.6 Å². The average molecular weight is 371 g/mol. The van der Waals surface area contributed by atoms with Crippen LogP contribution in [0.3, 0.4) is 0 Å². The number of benzene rings is 2. The number of ether oxygens (including phenoxy) is 1. The molecule has 1 atom stereocenters. The SMILES string of the molecule is O=C1O[C@H](c2c(O)n(-c3ccccc3Cl)c(=O)[nH]c2=O)c2ccccc21. The number of hydrogen-bond donors (Lipinski definition) is 2. The van der Waals surface area contributed by atoms with Crippen LogP contribution in [-0.4, -0.2) is 20.6 Å². The maximum Gasteiger partial charge on any atom is 0.339 e. The molecule has 0 radical (unpaired) electrons. The molecule has 26 heavy (non-hydrogen) atoms. The summed E-state index contributed by atoms with van der Waals surface area (Å²) in [5, 5.41) is 10.9. The lowest BCUT2D eigenvalue weighted by Crippen LogP contribution is -2.32. The number of aromatic amines is 1. The van der Waals surface area contributed by atoms with Crippen LogP contribution in [0.15, 0.2) is 58.1 Å². The first-order valence-corrected chi connectivity index (χ1v) is 8.00. The molecule has 7 nitrogen and oxygen atoms in total. The number of H-pyrrole nitrogens is 1. The summed E-state index contributed by atoms with van der Waals surface area (Å²) in [7, 11) is 0. The molecule has 130 valence electrons. The smallest absolute Gasteiger partial charge is 0.339 e. The van der Waals surface area contributed by atoms with Crippen molar-refractivity contribution in [2.24, 2.45) is 0 Å². The molecule has 0 amide bonds. The first kappa shape index (κ1) is 16.2. The van der Waals surface area contributed by atoms with Gasteiger partial charge in [-0.1, -0.05) is 41.9 Å². The van der Waals surface area contributed by atoms with Gasteiger partial charge in [-0.3, -0.25) is 9.78 Å². The summed E-state index contributed by atoms with van der Waals surface area (Å²) in [5.74, 6) is -1.25. The highest BCUT2D eigenvalue weighted by Gasteiger charge is 2.36. The maximum atomic E-state index is 12.4. The summed E-state index contributed by atoms with van der Waals surface area (Å²) in [4.78, 5) is 38.8. The van der Waals surface area contributed by atoms with E-state index < -0.39 is 29.2 Å². The molecule has 0 saturated carbocycles. The lowest BCUT2D eigenvalue weighted by Gasteiger charge is -2.16. The average Bonchev–Trinajstić information content (AvgIpc) is 2.93. The lowest BCUT2D eigenvalue weighted by atomic mass is 10.0. The fourth-order valence-electron chi connectivity index (χ4n) is 2.99. The van der Waals surface area contributed by atoms with Crippen LogP contribution in [0.2, 0.25) is 5.02 Å². The monoisotopic (exact) mass is 370 g/mol. The topological polar surface area (TPSA) is 101 Å². The van der Waals surface area contributed by atoms with E-state index in [1.807, 2.05) is 0 Å². The fraction of sp³-hybridized carbons (Fsp3) is 0.0556. The lowest BCUT2D eigenvalue weighted by molar-refractivity contribution is 0.0449. The Balaban J connectivity index is 1.99. The molecule has 2 aromatic carbocycles. The first-order chi connectivity index (χ1) is 12.5. The number of para-hydroxylation sites is 1. The molecule has 3 aromatic rings. The van der Waals surface area contributed by atoms with Gasteiger partial charge in [0.2, 0.25) is 5.88 Å². The van der Waals surface area contributed by atoms with Gasteiger partial charge in [-0.25, -0.2) is 14.2 Å². The molecule has 4 rings (SSSR count). The van der Waals surface area contributed by atoms with Gasteiger partial charge in [0.05, 0.1) is 16.3 Å². The van der Waals surface area contributed by atoms with Gasteiger partial charge < -0.3 is 9.84 Å². The summed E-state index contributed by atoms with van der Waals surface area (Å²) in [5.41, 5.74) is -1.03. The zero-order valence-electron chi connectivity index (χ0n) is 13.1. The Morgan fingerprint density at radius 2 is 1.73 bits per heavy atom. The van der Waals surface area contributed by atoms with E-state index in [0.29, 0.717) is 11.1 Å². The minimum Gasteiger partial charge on any atom is -0.494 e. The van der Waals surface area contributed by atoms with Crippen LogP contribution in [0.25, 0.3) is 5.69 Å². The number of carbonyl (C=O) groups is 1. The van der Waals surface area contributed by atoms with Crippen LogP contribution < -0.4 is 11.2 Å². The van der Waals surface area contributed by atoms with Crippen molar-refractivity contribution in [3.05, 3.63) is 91.1 Å². The van der Waals surface area contributed by atoms with Crippen LogP contribution in [0.1, 0.15) is 27.6 Å². The van der Waals surface area contributed by atoms with Crippen molar-refractivity contribution in [2.75, 3.05) is 0 Å². The minimum absolute atomic E-state index is 0.187. The maximum absolute atomic E-state index is 12.4. The first-order valence-electron chi connectivity index (χ1n) is 7.62. The zero-order chi connectivity index (χ0) is 18.4. The van der Waals surface area contributed by atoms with E-state index in [-0.39, 0.29) is 16.3 Å². The van der Waals surface area contributed by atoms with Gasteiger partial charge in [0, 0.05) is 5.56 Å². The third kappa shape index (κ3) is 2.33. The number of rotatable bonds is 2. The number of nitrogens with one attached hydrogen (secondary N) is 1. The summed E-state index contributed by atoms with van der Waals surface area (Å²) in [6.07, 6.45) is -1.13. The third-order valence-corrected chi connectivity index (χ3v) is 4.48. The van der Waals surface area contributed by atoms with Crippen LogP contribution in [0, 0.1) is 0 Å². The van der Waals surface area contributed by atoms with Gasteiger partial charge >= 0.3 is 11.7 Å². The third-order valence-electron chi connectivity index (χ3n) is 4.16. The molecular formula is C18H11ClN2O5. The van der Waals surface area contributed by atoms with E-state index in [1.54, 1.807) is 42.5 Å². The molecule has 1 aliphatic rings. The van der Waals surface area contributed by atoms with Gasteiger partial charge in [0.15, 0.2) is 6.10 Å². The van der Waals surface area contributed by atoms with Gasteiger partial charge in [0.25, 0.3) is 5.56 Å². The number of fused-ring (bicyclic) bond motifs is 1. The van der Waals surface area contributed by atoms with Gasteiger partial charge in [-0.05, 0) is 18.2 Å². The van der Waals surface area contributed by atoms with Crippen molar-refractivity contribution < 1.29 is 14.6 Å². The second-order valence-corrected chi connectivity index (χ2v) is 6.06. The van der Waals surface area contributed by atoms with Crippen LogP contribution in [0.5, 0.6) is 5.88 Å². The van der Waals surface area contributed by atoms with Crippen molar-refractivity contribution in [3.63, 3.8) is 0 Å². The molecule has 0 aliphatic carbocycles. The predicted molar refractivity (Wildman–Crippen MR) is 93.0 cm³/mol.